The minimum absolute atomic E-state index is 0.114. The van der Waals surface area contributed by atoms with Gasteiger partial charge in [0.05, 0.1) is 5.69 Å². The second-order valence-corrected chi connectivity index (χ2v) is 21.3. The van der Waals surface area contributed by atoms with Crippen LogP contribution in [0.4, 0.5) is 17.1 Å². The van der Waals surface area contributed by atoms with Crippen molar-refractivity contribution in [3.63, 3.8) is 0 Å². The Kier molecular flexibility index (Phi) is 6.82. The lowest BCUT2D eigenvalue weighted by Crippen LogP contribution is -2.55. The summed E-state index contributed by atoms with van der Waals surface area (Å²) in [5.74, 6) is 6.71. The average molecular weight is 788 g/mol. The quantitative estimate of drug-likeness (QED) is 0.172. The molecule has 2 spiro atoms. The molecule has 0 aliphatic heterocycles. The minimum Gasteiger partial charge on any atom is -0.310 e. The molecule has 0 atom stereocenters. The van der Waals surface area contributed by atoms with E-state index >= 15 is 0 Å². The van der Waals surface area contributed by atoms with Crippen LogP contribution in [0.5, 0.6) is 0 Å². The molecule has 0 aromatic heterocycles. The third kappa shape index (κ3) is 4.34. The SMILES string of the molecule is c1ccc(-c2ccc(N(c3ccc4c(c3)-c3ccccc3C43C4CC5CC(C4)CC3C5)c3ccc4c(c3)C3(c5ccccc5-4)C4CC5CC(C4)CC3C5)c3ccccc23)cc1. The Labute approximate surface area is 360 Å². The van der Waals surface area contributed by atoms with Gasteiger partial charge in [-0.3, -0.25) is 0 Å². The van der Waals surface area contributed by atoms with Crippen molar-refractivity contribution in [1.82, 2.24) is 0 Å². The number of hydrogen-bond donors (Lipinski definition) is 0. The third-order valence-corrected chi connectivity index (χ3v) is 18.8. The molecular formula is C60H53N. The van der Waals surface area contributed by atoms with E-state index in [0.717, 1.165) is 47.3 Å². The first-order valence-corrected chi connectivity index (χ1v) is 24.0. The van der Waals surface area contributed by atoms with Gasteiger partial charge in [-0.2, -0.15) is 0 Å². The maximum Gasteiger partial charge on any atom is 0.0540 e. The first kappa shape index (κ1) is 34.2. The summed E-state index contributed by atoms with van der Waals surface area (Å²) in [5, 5.41) is 2.61. The normalized spacial score (nSPS) is 32.4. The first-order chi connectivity index (χ1) is 30.2. The fraction of sp³-hybridized carbons (Fsp3) is 0.333. The fourth-order valence-electron chi connectivity index (χ4n) is 17.3. The minimum atomic E-state index is 0.114. The van der Waals surface area contributed by atoms with Gasteiger partial charge >= 0.3 is 0 Å². The van der Waals surface area contributed by atoms with Gasteiger partial charge in [-0.15, -0.1) is 0 Å². The molecule has 0 N–H and O–H groups in total. The van der Waals surface area contributed by atoms with E-state index in [1.165, 1.54) is 125 Å². The lowest BCUT2D eigenvalue weighted by molar-refractivity contribution is -0.0399. The van der Waals surface area contributed by atoms with E-state index in [2.05, 4.69) is 157 Å². The van der Waals surface area contributed by atoms with Gasteiger partial charge < -0.3 is 4.90 Å². The van der Waals surface area contributed by atoms with Crippen LogP contribution >= 0.6 is 0 Å². The summed E-state index contributed by atoms with van der Waals surface area (Å²) in [6.45, 7) is 0. The number of rotatable bonds is 4. The van der Waals surface area contributed by atoms with Gasteiger partial charge in [0.2, 0.25) is 0 Å². The zero-order valence-corrected chi connectivity index (χ0v) is 35.1. The average Bonchev–Trinajstić information content (AvgIpc) is 3.75. The molecule has 1 heteroatoms. The molecule has 17 rings (SSSR count). The molecule has 7 aromatic carbocycles. The van der Waals surface area contributed by atoms with E-state index in [1.807, 2.05) is 0 Å². The monoisotopic (exact) mass is 787 g/mol. The van der Waals surface area contributed by atoms with Gasteiger partial charge in [0, 0.05) is 27.6 Å². The number of benzene rings is 7. The first-order valence-electron chi connectivity index (χ1n) is 24.0. The largest absolute Gasteiger partial charge is 0.310 e. The van der Waals surface area contributed by atoms with Gasteiger partial charge in [0.25, 0.3) is 0 Å². The van der Waals surface area contributed by atoms with Crippen LogP contribution in [0, 0.1) is 47.3 Å². The molecule has 0 heterocycles. The standard InChI is InChI=1S/C60H53N/c1-2-10-40(11-3-1)47-21-23-58(52-15-5-4-12-48(47)52)61(45-19-22-56-53(34-45)50-14-7-9-17-55(50)59(56)41-26-36-24-37(28-41)29-42(59)27-36)46-18-20-51-49-13-6-8-16-54(49)60(57(51)35-46)43-30-38-25-39(32-43)33-44(60)31-38/h1-23,34-39,41-44H,24-33H2. The van der Waals surface area contributed by atoms with Gasteiger partial charge in [0.15, 0.2) is 0 Å². The fourth-order valence-corrected chi connectivity index (χ4v) is 17.3. The molecule has 0 unspecified atom stereocenters. The van der Waals surface area contributed by atoms with Gasteiger partial charge in [-0.05, 0) is 203 Å². The van der Waals surface area contributed by atoms with E-state index < -0.39 is 0 Å². The van der Waals surface area contributed by atoms with Crippen LogP contribution in [-0.2, 0) is 10.8 Å². The van der Waals surface area contributed by atoms with Gasteiger partial charge in [-0.25, -0.2) is 0 Å². The zero-order valence-electron chi connectivity index (χ0n) is 35.1. The predicted molar refractivity (Wildman–Crippen MR) is 251 cm³/mol. The van der Waals surface area contributed by atoms with Crippen LogP contribution in [0.1, 0.15) is 86.5 Å². The predicted octanol–water partition coefficient (Wildman–Crippen LogP) is 15.4. The molecular weight excluding hydrogens is 735 g/mol. The Morgan fingerprint density at radius 1 is 0.328 bits per heavy atom. The summed E-state index contributed by atoms with van der Waals surface area (Å²) in [7, 11) is 0. The van der Waals surface area contributed by atoms with Crippen molar-refractivity contribution in [3.8, 4) is 33.4 Å². The summed E-state index contributed by atoms with van der Waals surface area (Å²) in [6.07, 6.45) is 14.2. The molecule has 0 amide bonds. The van der Waals surface area contributed by atoms with Gasteiger partial charge in [0.1, 0.15) is 0 Å². The smallest absolute Gasteiger partial charge is 0.0540 e. The van der Waals surface area contributed by atoms with Gasteiger partial charge in [-0.1, -0.05) is 121 Å². The Morgan fingerprint density at radius 3 is 1.43 bits per heavy atom. The van der Waals surface area contributed by atoms with Crippen molar-refractivity contribution in [3.05, 3.63) is 174 Å². The van der Waals surface area contributed by atoms with Crippen LogP contribution in [0.25, 0.3) is 44.2 Å². The molecule has 10 aliphatic carbocycles. The van der Waals surface area contributed by atoms with E-state index in [4.69, 9.17) is 0 Å². The number of nitrogens with zero attached hydrogens (tertiary/aromatic N) is 1. The summed E-state index contributed by atoms with van der Waals surface area (Å²) >= 11 is 0. The summed E-state index contributed by atoms with van der Waals surface area (Å²) in [4.78, 5) is 2.68. The van der Waals surface area contributed by atoms with E-state index in [-0.39, 0.29) is 10.8 Å². The lowest BCUT2D eigenvalue weighted by Gasteiger charge is -2.61. The summed E-state index contributed by atoms with van der Waals surface area (Å²) in [6, 6.07) is 59.8. The molecule has 0 radical (unpaired) electrons. The molecule has 7 aromatic rings. The summed E-state index contributed by atoms with van der Waals surface area (Å²) in [5.41, 5.74) is 19.2. The number of anilines is 3. The molecule has 8 saturated carbocycles. The van der Waals surface area contributed by atoms with Crippen molar-refractivity contribution in [2.24, 2.45) is 47.3 Å². The number of fused-ring (bicyclic) bond motifs is 7. The van der Waals surface area contributed by atoms with Crippen LogP contribution in [0.3, 0.4) is 0 Å². The second-order valence-electron chi connectivity index (χ2n) is 21.3. The highest BCUT2D eigenvalue weighted by Crippen LogP contribution is 2.71. The van der Waals surface area contributed by atoms with Crippen LogP contribution in [0.15, 0.2) is 152 Å². The van der Waals surface area contributed by atoms with Crippen LogP contribution in [0.2, 0.25) is 0 Å². The zero-order chi connectivity index (χ0) is 39.6. The van der Waals surface area contributed by atoms with Crippen molar-refractivity contribution >= 4 is 27.8 Å². The van der Waals surface area contributed by atoms with Crippen molar-refractivity contribution < 1.29 is 0 Å². The third-order valence-electron chi connectivity index (χ3n) is 18.8. The van der Waals surface area contributed by atoms with Crippen molar-refractivity contribution in [2.75, 3.05) is 4.90 Å². The van der Waals surface area contributed by atoms with E-state index in [0.29, 0.717) is 0 Å². The Balaban J connectivity index is 0.968. The Bertz CT molecular complexity index is 2910. The van der Waals surface area contributed by atoms with Crippen molar-refractivity contribution in [1.29, 1.82) is 0 Å². The highest BCUT2D eigenvalue weighted by atomic mass is 15.1. The topological polar surface area (TPSA) is 3.24 Å². The van der Waals surface area contributed by atoms with E-state index in [1.54, 1.807) is 22.3 Å². The Morgan fingerprint density at radius 2 is 0.787 bits per heavy atom. The molecule has 8 bridgehead atoms. The highest BCUT2D eigenvalue weighted by molar-refractivity contribution is 6.06. The van der Waals surface area contributed by atoms with E-state index in [9.17, 15) is 0 Å². The molecule has 0 saturated heterocycles. The molecule has 298 valence electrons. The lowest BCUT2D eigenvalue weighted by atomic mass is 9.43. The second kappa shape index (κ2) is 12.2. The highest BCUT2D eigenvalue weighted by Gasteiger charge is 2.63. The molecule has 1 nitrogen and oxygen atoms in total. The number of hydrogen-bond acceptors (Lipinski definition) is 1. The summed E-state index contributed by atoms with van der Waals surface area (Å²) < 4.78 is 0. The van der Waals surface area contributed by atoms with Crippen molar-refractivity contribution in [2.45, 2.75) is 75.0 Å². The van der Waals surface area contributed by atoms with Crippen LogP contribution in [-0.4, -0.2) is 0 Å². The molecule has 8 fully saturated rings. The van der Waals surface area contributed by atoms with Crippen LogP contribution < -0.4 is 4.90 Å². The Hall–Kier alpha value is -5.40. The maximum absolute atomic E-state index is 2.71. The maximum atomic E-state index is 2.71. The molecule has 61 heavy (non-hydrogen) atoms. The molecule has 10 aliphatic rings.